The van der Waals surface area contributed by atoms with Gasteiger partial charge in [0.25, 0.3) is 0 Å². The molecule has 8 aromatic carbocycles. The van der Waals surface area contributed by atoms with E-state index in [0.29, 0.717) is 0 Å². The maximum atomic E-state index is 4.81. The Bertz CT molecular complexity index is 3430. The minimum absolute atomic E-state index is 0.840. The number of hydrogen-bond acceptors (Lipinski definition) is 4. The first-order valence-corrected chi connectivity index (χ1v) is 22.5. The van der Waals surface area contributed by atoms with Gasteiger partial charge in [-0.15, -0.1) is 22.7 Å². The second-order valence-electron chi connectivity index (χ2n) is 15.7. The molecule has 0 spiro atoms. The van der Waals surface area contributed by atoms with Crippen LogP contribution in [-0.4, -0.2) is 9.97 Å². The fourth-order valence-electron chi connectivity index (χ4n) is 8.94. The van der Waals surface area contributed by atoms with Gasteiger partial charge < -0.3 is 0 Å². The molecule has 0 bridgehead atoms. The third-order valence-electron chi connectivity index (χ3n) is 12.0. The maximum Gasteiger partial charge on any atom is 0.0892 e. The van der Waals surface area contributed by atoms with Crippen molar-refractivity contribution >= 4 is 63.0 Å². The van der Waals surface area contributed by atoms with Crippen molar-refractivity contribution in [3.8, 4) is 78.1 Å². The molecule has 290 valence electrons. The van der Waals surface area contributed by atoms with E-state index in [0.717, 1.165) is 33.6 Å². The molecule has 0 aliphatic carbocycles. The first-order chi connectivity index (χ1) is 30.7. The van der Waals surface area contributed by atoms with Crippen molar-refractivity contribution in [2.24, 2.45) is 0 Å². The summed E-state index contributed by atoms with van der Waals surface area (Å²) in [4.78, 5) is 9.63. The Kier molecular flexibility index (Phi) is 8.91. The maximum absolute atomic E-state index is 4.81. The molecule has 0 aliphatic heterocycles. The highest BCUT2D eigenvalue weighted by atomic mass is 32.1. The highest BCUT2D eigenvalue weighted by molar-refractivity contribution is 7.26. The van der Waals surface area contributed by atoms with Gasteiger partial charge in [0.2, 0.25) is 0 Å². The standard InChI is InChI=1S/C58H36N2S2/c1-3-25-55-49(19-1)51-23-9-21-47(57(51)61-55)45-17-7-15-41(33-45)37-11-5-13-39(31-37)43-27-29-59-53(35-43)54-36-44(28-30-60-54)40-14-6-12-38(32-40)42-16-8-18-46(34-42)48-22-10-24-52-50-20-2-4-26-56(50)62-58(48)52/h1-36H. The molecule has 62 heavy (non-hydrogen) atoms. The largest absolute Gasteiger partial charge is 0.255 e. The molecule has 0 radical (unpaired) electrons. The molecule has 0 atom stereocenters. The average Bonchev–Trinajstić information content (AvgIpc) is 3.93. The Balaban J connectivity index is 0.833. The molecule has 4 heterocycles. The minimum Gasteiger partial charge on any atom is -0.255 e. The molecule has 0 saturated carbocycles. The van der Waals surface area contributed by atoms with E-state index in [2.05, 4.69) is 206 Å². The number of thiophene rings is 2. The van der Waals surface area contributed by atoms with Gasteiger partial charge in [-0.1, -0.05) is 146 Å². The number of fused-ring (bicyclic) bond motifs is 6. The first-order valence-electron chi connectivity index (χ1n) is 20.9. The second kappa shape index (κ2) is 15.2. The van der Waals surface area contributed by atoms with E-state index in [4.69, 9.17) is 9.97 Å². The zero-order chi connectivity index (χ0) is 41.0. The fourth-order valence-corrected chi connectivity index (χ4v) is 11.4. The van der Waals surface area contributed by atoms with Crippen LogP contribution >= 0.6 is 22.7 Å². The summed E-state index contributed by atoms with van der Waals surface area (Å²) < 4.78 is 5.30. The van der Waals surface area contributed by atoms with Crippen molar-refractivity contribution in [2.75, 3.05) is 0 Å². The monoisotopic (exact) mass is 824 g/mol. The molecule has 12 rings (SSSR count). The van der Waals surface area contributed by atoms with Crippen LogP contribution in [0, 0.1) is 0 Å². The topological polar surface area (TPSA) is 25.8 Å². The van der Waals surface area contributed by atoms with E-state index in [1.165, 1.54) is 84.9 Å². The van der Waals surface area contributed by atoms with E-state index in [9.17, 15) is 0 Å². The molecule has 0 unspecified atom stereocenters. The van der Waals surface area contributed by atoms with Gasteiger partial charge >= 0.3 is 0 Å². The van der Waals surface area contributed by atoms with Crippen molar-refractivity contribution in [1.29, 1.82) is 0 Å². The summed E-state index contributed by atoms with van der Waals surface area (Å²) in [5.41, 5.74) is 15.9. The van der Waals surface area contributed by atoms with Gasteiger partial charge in [-0.3, -0.25) is 9.97 Å². The van der Waals surface area contributed by atoms with Crippen LogP contribution in [0.2, 0.25) is 0 Å². The predicted octanol–water partition coefficient (Wildman–Crippen LogP) is 16.9. The summed E-state index contributed by atoms with van der Waals surface area (Å²) in [6.07, 6.45) is 3.79. The van der Waals surface area contributed by atoms with Crippen LogP contribution in [0.1, 0.15) is 0 Å². The smallest absolute Gasteiger partial charge is 0.0892 e. The molecule has 0 amide bonds. The third kappa shape index (κ3) is 6.49. The molecule has 4 aromatic heterocycles. The van der Waals surface area contributed by atoms with Crippen LogP contribution in [-0.2, 0) is 0 Å². The second-order valence-corrected chi connectivity index (χ2v) is 17.8. The van der Waals surface area contributed by atoms with Gasteiger partial charge in [0.15, 0.2) is 0 Å². The van der Waals surface area contributed by atoms with Crippen LogP contribution < -0.4 is 0 Å². The SMILES string of the molecule is c1cc(-c2cccc(-c3cccc4c3sc3ccccc34)c2)cc(-c2ccnc(-c3cc(-c4cccc(-c5cccc(-c6cccc7c6sc6ccccc67)c5)c4)ccn3)c2)c1. The lowest BCUT2D eigenvalue weighted by Gasteiger charge is -2.11. The fraction of sp³-hybridized carbons (Fsp3) is 0. The highest BCUT2D eigenvalue weighted by Crippen LogP contribution is 2.42. The normalized spacial score (nSPS) is 11.5. The summed E-state index contributed by atoms with van der Waals surface area (Å²) in [6.45, 7) is 0. The summed E-state index contributed by atoms with van der Waals surface area (Å²) in [5, 5.41) is 5.27. The van der Waals surface area contributed by atoms with E-state index >= 15 is 0 Å². The van der Waals surface area contributed by atoms with Crippen molar-refractivity contribution < 1.29 is 0 Å². The van der Waals surface area contributed by atoms with Crippen molar-refractivity contribution in [2.45, 2.75) is 0 Å². The number of rotatable bonds is 7. The first kappa shape index (κ1) is 36.4. The molecule has 0 N–H and O–H groups in total. The highest BCUT2D eigenvalue weighted by Gasteiger charge is 2.14. The zero-order valence-electron chi connectivity index (χ0n) is 33.5. The van der Waals surface area contributed by atoms with Crippen molar-refractivity contribution in [3.05, 3.63) is 219 Å². The average molecular weight is 825 g/mol. The van der Waals surface area contributed by atoms with Crippen LogP contribution in [0.25, 0.3) is 118 Å². The Morgan fingerprint density at radius 2 is 0.581 bits per heavy atom. The third-order valence-corrected chi connectivity index (χ3v) is 14.4. The Labute approximate surface area is 367 Å². The van der Waals surface area contributed by atoms with Gasteiger partial charge in [0.1, 0.15) is 0 Å². The predicted molar refractivity (Wildman–Crippen MR) is 266 cm³/mol. The number of hydrogen-bond donors (Lipinski definition) is 0. The lowest BCUT2D eigenvalue weighted by Crippen LogP contribution is -1.90. The van der Waals surface area contributed by atoms with Crippen LogP contribution in [0.5, 0.6) is 0 Å². The summed E-state index contributed by atoms with van der Waals surface area (Å²) in [5.74, 6) is 0. The minimum atomic E-state index is 0.840. The molecule has 2 nitrogen and oxygen atoms in total. The quantitative estimate of drug-likeness (QED) is 0.160. The number of benzene rings is 8. The van der Waals surface area contributed by atoms with Crippen LogP contribution in [0.3, 0.4) is 0 Å². The summed E-state index contributed by atoms with van der Waals surface area (Å²) >= 11 is 3.74. The van der Waals surface area contributed by atoms with E-state index in [1.807, 2.05) is 35.1 Å². The van der Waals surface area contributed by atoms with Gasteiger partial charge in [-0.2, -0.15) is 0 Å². The zero-order valence-corrected chi connectivity index (χ0v) is 35.1. The molecule has 4 heteroatoms. The molecular formula is C58H36N2S2. The van der Waals surface area contributed by atoms with Gasteiger partial charge in [-0.25, -0.2) is 0 Å². The lowest BCUT2D eigenvalue weighted by atomic mass is 9.95. The van der Waals surface area contributed by atoms with Crippen LogP contribution in [0.4, 0.5) is 0 Å². The van der Waals surface area contributed by atoms with Gasteiger partial charge in [-0.05, 0) is 127 Å². The Morgan fingerprint density at radius 1 is 0.258 bits per heavy atom. The summed E-state index contributed by atoms with van der Waals surface area (Å²) in [7, 11) is 0. The van der Waals surface area contributed by atoms with Gasteiger partial charge in [0.05, 0.1) is 11.4 Å². The van der Waals surface area contributed by atoms with Crippen LogP contribution in [0.15, 0.2) is 219 Å². The number of nitrogens with zero attached hydrogens (tertiary/aromatic N) is 2. The van der Waals surface area contributed by atoms with E-state index in [-0.39, 0.29) is 0 Å². The Morgan fingerprint density at radius 3 is 1.00 bits per heavy atom. The van der Waals surface area contributed by atoms with Gasteiger partial charge in [0, 0.05) is 52.7 Å². The molecule has 12 aromatic rings. The van der Waals surface area contributed by atoms with Crippen molar-refractivity contribution in [1.82, 2.24) is 9.97 Å². The summed E-state index contributed by atoms with van der Waals surface area (Å²) in [6, 6.07) is 74.7. The van der Waals surface area contributed by atoms with E-state index in [1.54, 1.807) is 0 Å². The molecule has 0 aliphatic rings. The lowest BCUT2D eigenvalue weighted by molar-refractivity contribution is 1.25. The Hall–Kier alpha value is -7.50. The van der Waals surface area contributed by atoms with E-state index < -0.39 is 0 Å². The molecular weight excluding hydrogens is 789 g/mol. The number of pyridine rings is 2. The van der Waals surface area contributed by atoms with Crippen molar-refractivity contribution in [3.63, 3.8) is 0 Å². The molecule has 0 saturated heterocycles. The number of aromatic nitrogens is 2. The molecule has 0 fully saturated rings.